The quantitative estimate of drug-likeness (QED) is 0.0704. The molecule has 0 aliphatic heterocycles. The second-order valence-electron chi connectivity index (χ2n) is 12.7. The molecular weight excluding hydrogens is 660 g/mol. The van der Waals surface area contributed by atoms with Gasteiger partial charge in [0.1, 0.15) is 23.9 Å². The molecule has 4 rings (SSSR count). The van der Waals surface area contributed by atoms with Crippen LogP contribution in [0.1, 0.15) is 37.6 Å². The summed E-state index contributed by atoms with van der Waals surface area (Å²) in [5.41, 5.74) is 8.64. The second kappa shape index (κ2) is 17.3. The number of carbonyl (C=O) groups is 5. The van der Waals surface area contributed by atoms with Crippen LogP contribution in [0.15, 0.2) is 67.3 Å². The zero-order valence-electron chi connectivity index (χ0n) is 28.4. The molecule has 2 aromatic carbocycles. The Kier molecular flexibility index (Phi) is 12.9. The van der Waals surface area contributed by atoms with Crippen LogP contribution in [-0.4, -0.2) is 96.2 Å². The third-order valence-electron chi connectivity index (χ3n) is 8.42. The van der Waals surface area contributed by atoms with Gasteiger partial charge in [0, 0.05) is 48.3 Å². The number of phenols is 1. The molecule has 0 aliphatic carbocycles. The maximum Gasteiger partial charge on any atom is 0.328 e. The Morgan fingerprint density at radius 2 is 1.37 bits per heavy atom. The number of aliphatic hydroxyl groups is 1. The number of imidazole rings is 1. The van der Waals surface area contributed by atoms with Gasteiger partial charge in [0.25, 0.3) is 0 Å². The number of nitrogens with one attached hydrogen (secondary N) is 6. The molecule has 4 amide bonds. The van der Waals surface area contributed by atoms with Gasteiger partial charge in [-0.3, -0.25) is 19.2 Å². The topological polar surface area (TPSA) is 265 Å². The molecule has 16 heteroatoms. The SMILES string of the molecule is CC(C)C(N)C(=O)NC(Cc1c[nH]c2ccccc12)C(=O)NC(Cc1ccc(O)cc1)C(=O)NC(Cc1cnc[nH]1)C(=O)NC(C(=O)O)C(C)O. The lowest BCUT2D eigenvalue weighted by molar-refractivity contribution is -0.145. The van der Waals surface area contributed by atoms with E-state index in [1.54, 1.807) is 32.2 Å². The summed E-state index contributed by atoms with van der Waals surface area (Å²) in [6.45, 7) is 4.74. The lowest BCUT2D eigenvalue weighted by Crippen LogP contribution is -2.60. The van der Waals surface area contributed by atoms with Gasteiger partial charge in [-0.1, -0.05) is 44.2 Å². The number of aliphatic carboxylic acids is 1. The third kappa shape index (κ3) is 10.4. The average molecular weight is 705 g/mol. The number of benzene rings is 2. The molecule has 0 aliphatic rings. The van der Waals surface area contributed by atoms with Crippen LogP contribution in [0, 0.1) is 5.92 Å². The standard InChI is InChI=1S/C35H44N8O8/c1-18(2)29(36)34(49)42-27(13-21-15-38-25-7-5-4-6-24(21)25)32(47)40-26(12-20-8-10-23(45)11-9-20)31(46)41-28(14-22-16-37-17-39-22)33(48)43-30(19(3)44)35(50)51/h4-11,15-19,26-30,38,44-45H,12-14,36H2,1-3H3,(H,37,39)(H,40,47)(H,41,46)(H,42,49)(H,43,48)(H,50,51). The van der Waals surface area contributed by atoms with Gasteiger partial charge in [0.2, 0.25) is 23.6 Å². The van der Waals surface area contributed by atoms with E-state index < -0.39 is 65.9 Å². The second-order valence-corrected chi connectivity index (χ2v) is 12.7. The fraction of sp³-hybridized carbons (Fsp3) is 0.371. The molecule has 0 saturated carbocycles. The summed E-state index contributed by atoms with van der Waals surface area (Å²) < 4.78 is 0. The van der Waals surface area contributed by atoms with E-state index in [-0.39, 0.29) is 30.9 Å². The first-order valence-electron chi connectivity index (χ1n) is 16.4. The van der Waals surface area contributed by atoms with Gasteiger partial charge in [-0.05, 0) is 42.2 Å². The first-order chi connectivity index (χ1) is 24.2. The molecule has 6 atom stereocenters. The summed E-state index contributed by atoms with van der Waals surface area (Å²) >= 11 is 0. The number of rotatable bonds is 17. The number of aliphatic hydroxyl groups excluding tert-OH is 1. The first kappa shape index (κ1) is 38.1. The van der Waals surface area contributed by atoms with Crippen LogP contribution in [0.25, 0.3) is 10.9 Å². The summed E-state index contributed by atoms with van der Waals surface area (Å²) in [6.07, 6.45) is 2.87. The molecular formula is C35H44N8O8. The van der Waals surface area contributed by atoms with E-state index in [0.29, 0.717) is 11.3 Å². The Labute approximate surface area is 293 Å². The number of carbonyl (C=O) groups excluding carboxylic acids is 4. The minimum atomic E-state index is -1.67. The zero-order valence-corrected chi connectivity index (χ0v) is 28.4. The number of aromatic amines is 2. The Morgan fingerprint density at radius 1 is 0.784 bits per heavy atom. The summed E-state index contributed by atoms with van der Waals surface area (Å²) in [6, 6.07) is 6.92. The molecule has 2 aromatic heterocycles. The lowest BCUT2D eigenvalue weighted by Gasteiger charge is -2.27. The van der Waals surface area contributed by atoms with Crippen molar-refractivity contribution in [1.82, 2.24) is 36.2 Å². The highest BCUT2D eigenvalue weighted by atomic mass is 16.4. The van der Waals surface area contributed by atoms with Crippen molar-refractivity contribution in [3.63, 3.8) is 0 Å². The predicted molar refractivity (Wildman–Crippen MR) is 186 cm³/mol. The summed E-state index contributed by atoms with van der Waals surface area (Å²) in [7, 11) is 0. The van der Waals surface area contributed by atoms with E-state index in [2.05, 4.69) is 36.2 Å². The number of H-pyrrole nitrogens is 2. The fourth-order valence-corrected chi connectivity index (χ4v) is 5.39. The van der Waals surface area contributed by atoms with Crippen LogP contribution < -0.4 is 27.0 Å². The predicted octanol–water partition coefficient (Wildman–Crippen LogP) is 0.0124. The van der Waals surface area contributed by atoms with E-state index >= 15 is 0 Å². The van der Waals surface area contributed by atoms with Crippen molar-refractivity contribution in [2.45, 2.75) is 76.3 Å². The number of fused-ring (bicyclic) bond motifs is 1. The third-order valence-corrected chi connectivity index (χ3v) is 8.42. The van der Waals surface area contributed by atoms with Crippen LogP contribution >= 0.6 is 0 Å². The number of hydrogen-bond acceptors (Lipinski definition) is 9. The number of aromatic nitrogens is 3. The number of nitrogens with two attached hydrogens (primary N) is 1. The molecule has 51 heavy (non-hydrogen) atoms. The molecule has 4 aromatic rings. The highest BCUT2D eigenvalue weighted by molar-refractivity contribution is 5.96. The number of phenolic OH excluding ortho intramolecular Hbond substituents is 1. The Balaban J connectivity index is 1.64. The van der Waals surface area contributed by atoms with Crippen LogP contribution in [0.5, 0.6) is 5.75 Å². The molecule has 0 bridgehead atoms. The van der Waals surface area contributed by atoms with Crippen molar-refractivity contribution >= 4 is 40.5 Å². The summed E-state index contributed by atoms with van der Waals surface area (Å²) in [5.74, 6) is -4.73. The zero-order chi connectivity index (χ0) is 37.2. The largest absolute Gasteiger partial charge is 0.508 e. The van der Waals surface area contributed by atoms with Gasteiger partial charge in [-0.2, -0.15) is 0 Å². The van der Waals surface area contributed by atoms with Gasteiger partial charge in [0.05, 0.1) is 18.5 Å². The van der Waals surface area contributed by atoms with Crippen LogP contribution in [0.3, 0.4) is 0 Å². The average Bonchev–Trinajstić information content (AvgIpc) is 3.76. The van der Waals surface area contributed by atoms with Gasteiger partial charge >= 0.3 is 5.97 Å². The molecule has 6 unspecified atom stereocenters. The molecule has 0 saturated heterocycles. The number of carboxylic acid groups (broad SMARTS) is 1. The molecule has 272 valence electrons. The number of amides is 4. The van der Waals surface area contributed by atoms with Crippen molar-refractivity contribution < 1.29 is 39.3 Å². The van der Waals surface area contributed by atoms with Gasteiger partial charge in [-0.25, -0.2) is 9.78 Å². The number of para-hydroxylation sites is 1. The maximum atomic E-state index is 14.1. The van der Waals surface area contributed by atoms with Gasteiger partial charge < -0.3 is 52.3 Å². The van der Waals surface area contributed by atoms with Crippen LogP contribution in [-0.2, 0) is 43.2 Å². The van der Waals surface area contributed by atoms with Crippen LogP contribution in [0.2, 0.25) is 0 Å². The molecule has 0 spiro atoms. The van der Waals surface area contributed by atoms with E-state index in [4.69, 9.17) is 5.73 Å². The Morgan fingerprint density at radius 3 is 1.96 bits per heavy atom. The Bertz CT molecular complexity index is 1810. The number of nitrogens with zero attached hydrogens (tertiary/aromatic N) is 1. The number of carboxylic acids is 1. The normalized spacial score (nSPS) is 14.9. The van der Waals surface area contributed by atoms with E-state index in [1.807, 2.05) is 24.3 Å². The van der Waals surface area contributed by atoms with E-state index in [9.17, 15) is 39.3 Å². The van der Waals surface area contributed by atoms with Crippen molar-refractivity contribution in [3.05, 3.63) is 84.1 Å². The van der Waals surface area contributed by atoms with E-state index in [1.165, 1.54) is 31.6 Å². The smallest absolute Gasteiger partial charge is 0.328 e. The number of aromatic hydroxyl groups is 1. The highest BCUT2D eigenvalue weighted by Crippen LogP contribution is 2.20. The Hall–Kier alpha value is -5.74. The van der Waals surface area contributed by atoms with Crippen LogP contribution in [0.4, 0.5) is 0 Å². The minimum absolute atomic E-state index is 0.0193. The van der Waals surface area contributed by atoms with Gasteiger partial charge in [0.15, 0.2) is 6.04 Å². The minimum Gasteiger partial charge on any atom is -0.508 e. The van der Waals surface area contributed by atoms with E-state index in [0.717, 1.165) is 16.5 Å². The monoisotopic (exact) mass is 704 g/mol. The highest BCUT2D eigenvalue weighted by Gasteiger charge is 2.34. The number of hydrogen-bond donors (Lipinski definition) is 10. The van der Waals surface area contributed by atoms with Crippen molar-refractivity contribution in [3.8, 4) is 5.75 Å². The lowest BCUT2D eigenvalue weighted by atomic mass is 10.00. The molecule has 16 nitrogen and oxygen atoms in total. The van der Waals surface area contributed by atoms with Gasteiger partial charge in [-0.15, -0.1) is 0 Å². The maximum absolute atomic E-state index is 14.1. The fourth-order valence-electron chi connectivity index (χ4n) is 5.39. The molecule has 11 N–H and O–H groups in total. The van der Waals surface area contributed by atoms with Crippen molar-refractivity contribution in [2.24, 2.45) is 11.7 Å². The summed E-state index contributed by atoms with van der Waals surface area (Å²) in [4.78, 5) is 76.3. The molecule has 2 heterocycles. The molecule has 0 radical (unpaired) electrons. The van der Waals surface area contributed by atoms with Crippen molar-refractivity contribution in [2.75, 3.05) is 0 Å². The first-order valence-corrected chi connectivity index (χ1v) is 16.4. The van der Waals surface area contributed by atoms with Crippen molar-refractivity contribution in [1.29, 1.82) is 0 Å². The molecule has 0 fully saturated rings. The summed E-state index contributed by atoms with van der Waals surface area (Å²) in [5, 5.41) is 40.5.